The molecule has 5 aromatic rings. The summed E-state index contributed by atoms with van der Waals surface area (Å²) in [5.41, 5.74) is 1.17. The zero-order chi connectivity index (χ0) is 20.5. The van der Waals surface area contributed by atoms with Crippen LogP contribution in [0, 0.1) is 0 Å². The summed E-state index contributed by atoms with van der Waals surface area (Å²) in [5.74, 6) is 2.38. The molecular formula is C22H17N5O3. The third-order valence-corrected chi connectivity index (χ3v) is 4.65. The lowest BCUT2D eigenvalue weighted by Crippen LogP contribution is -2.18. The third-order valence-electron chi connectivity index (χ3n) is 4.65. The summed E-state index contributed by atoms with van der Waals surface area (Å²) >= 11 is 0. The van der Waals surface area contributed by atoms with Gasteiger partial charge in [0.05, 0.1) is 10.9 Å². The molecule has 0 N–H and O–H groups in total. The van der Waals surface area contributed by atoms with Crippen molar-refractivity contribution in [1.82, 2.24) is 24.1 Å². The summed E-state index contributed by atoms with van der Waals surface area (Å²) in [6, 6.07) is 18.7. The van der Waals surface area contributed by atoms with Crippen molar-refractivity contribution >= 4 is 16.7 Å². The number of methoxy groups -OCH3 is 1. The number of hydrogen-bond donors (Lipinski definition) is 0. The third kappa shape index (κ3) is 3.19. The van der Waals surface area contributed by atoms with Crippen molar-refractivity contribution in [2.45, 2.75) is 6.61 Å². The molecular weight excluding hydrogens is 382 g/mol. The largest absolute Gasteiger partial charge is 0.457 e. The smallest absolute Gasteiger partial charge is 0.266 e. The Kier molecular flexibility index (Phi) is 4.45. The number of hydrogen-bond acceptors (Lipinski definition) is 6. The molecule has 2 aromatic carbocycles. The van der Waals surface area contributed by atoms with E-state index in [0.29, 0.717) is 28.3 Å². The van der Waals surface area contributed by atoms with Crippen molar-refractivity contribution in [3.63, 3.8) is 0 Å². The molecule has 0 saturated carbocycles. The van der Waals surface area contributed by atoms with Gasteiger partial charge in [-0.25, -0.2) is 4.98 Å². The molecule has 0 saturated heterocycles. The summed E-state index contributed by atoms with van der Waals surface area (Å²) in [7, 11) is 1.58. The topological polar surface area (TPSA) is 83.5 Å². The van der Waals surface area contributed by atoms with Crippen LogP contribution in [-0.2, 0) is 11.3 Å². The van der Waals surface area contributed by atoms with Gasteiger partial charge >= 0.3 is 0 Å². The van der Waals surface area contributed by atoms with E-state index in [9.17, 15) is 4.79 Å². The van der Waals surface area contributed by atoms with E-state index >= 15 is 0 Å². The molecule has 3 heterocycles. The molecule has 8 nitrogen and oxygen atoms in total. The quantitative estimate of drug-likeness (QED) is 0.451. The maximum atomic E-state index is 13.1. The highest BCUT2D eigenvalue weighted by Gasteiger charge is 2.12. The highest BCUT2D eigenvalue weighted by molar-refractivity contribution is 5.79. The number of ether oxygens (including phenoxy) is 2. The van der Waals surface area contributed by atoms with Gasteiger partial charge in [-0.3, -0.25) is 9.36 Å². The number of benzene rings is 2. The molecule has 0 fully saturated rings. The number of rotatable bonds is 5. The van der Waals surface area contributed by atoms with Crippen LogP contribution in [0.5, 0.6) is 11.5 Å². The van der Waals surface area contributed by atoms with Gasteiger partial charge in [-0.2, -0.15) is 9.50 Å². The van der Waals surface area contributed by atoms with Crippen LogP contribution in [0.2, 0.25) is 0 Å². The first-order valence-electron chi connectivity index (χ1n) is 9.31. The fourth-order valence-electron chi connectivity index (χ4n) is 3.25. The first-order chi connectivity index (χ1) is 14.7. The van der Waals surface area contributed by atoms with E-state index < -0.39 is 0 Å². The summed E-state index contributed by atoms with van der Waals surface area (Å²) in [5, 5.41) is 4.83. The van der Waals surface area contributed by atoms with Crippen LogP contribution in [0.3, 0.4) is 0 Å². The molecule has 0 radical (unpaired) electrons. The number of nitrogens with zero attached hydrogens (tertiary/aromatic N) is 5. The lowest BCUT2D eigenvalue weighted by atomic mass is 10.2. The Bertz CT molecular complexity index is 1390. The van der Waals surface area contributed by atoms with Crippen LogP contribution in [0.15, 0.2) is 77.9 Å². The summed E-state index contributed by atoms with van der Waals surface area (Å²) in [6.45, 7) is 0.277. The van der Waals surface area contributed by atoms with Crippen molar-refractivity contribution < 1.29 is 9.47 Å². The van der Waals surface area contributed by atoms with Crippen LogP contribution in [-0.4, -0.2) is 31.3 Å². The second kappa shape index (κ2) is 7.41. The van der Waals surface area contributed by atoms with Crippen LogP contribution in [0.4, 0.5) is 0 Å². The summed E-state index contributed by atoms with van der Waals surface area (Å²) in [6.07, 6.45) is 3.25. The zero-order valence-electron chi connectivity index (χ0n) is 16.1. The van der Waals surface area contributed by atoms with Gasteiger partial charge in [-0.15, -0.1) is 5.10 Å². The second-order valence-corrected chi connectivity index (χ2v) is 6.63. The van der Waals surface area contributed by atoms with Crippen molar-refractivity contribution in [2.24, 2.45) is 0 Å². The molecule has 0 aliphatic heterocycles. The maximum absolute atomic E-state index is 13.1. The van der Waals surface area contributed by atoms with Crippen LogP contribution < -0.4 is 10.3 Å². The minimum atomic E-state index is -0.192. The Hall–Kier alpha value is -4.04. The molecule has 0 aliphatic carbocycles. The number of pyridine rings is 1. The highest BCUT2D eigenvalue weighted by atomic mass is 16.5. The average Bonchev–Trinajstić information content (AvgIpc) is 3.19. The standard InChI is InChI=1S/C22H17N5O3/c1-29-14-20-24-22-23-13-18-19(27(22)25-20)11-12-26(21(18)28)15-7-9-17(10-8-15)30-16-5-3-2-4-6-16/h2-13H,14H2,1H3. The summed E-state index contributed by atoms with van der Waals surface area (Å²) < 4.78 is 14.0. The Balaban J connectivity index is 1.52. The van der Waals surface area contributed by atoms with Crippen molar-refractivity contribution in [1.29, 1.82) is 0 Å². The van der Waals surface area contributed by atoms with Crippen molar-refractivity contribution in [3.8, 4) is 17.2 Å². The fourth-order valence-corrected chi connectivity index (χ4v) is 3.25. The van der Waals surface area contributed by atoms with E-state index in [-0.39, 0.29) is 12.2 Å². The van der Waals surface area contributed by atoms with Gasteiger partial charge in [-0.1, -0.05) is 18.2 Å². The predicted octanol–water partition coefficient (Wildman–Crippen LogP) is 3.37. The molecule has 5 rings (SSSR count). The molecule has 0 unspecified atom stereocenters. The number of fused-ring (bicyclic) bond motifs is 3. The van der Waals surface area contributed by atoms with Gasteiger partial charge in [0.15, 0.2) is 5.82 Å². The minimum Gasteiger partial charge on any atom is -0.457 e. The second-order valence-electron chi connectivity index (χ2n) is 6.63. The minimum absolute atomic E-state index is 0.192. The van der Waals surface area contributed by atoms with Gasteiger partial charge in [-0.05, 0) is 42.5 Å². The van der Waals surface area contributed by atoms with Crippen molar-refractivity contribution in [3.05, 3.63) is 89.2 Å². The Morgan fingerprint density at radius 2 is 1.73 bits per heavy atom. The van der Waals surface area contributed by atoms with E-state index in [0.717, 1.165) is 11.4 Å². The Morgan fingerprint density at radius 1 is 0.967 bits per heavy atom. The molecule has 0 atom stereocenters. The monoisotopic (exact) mass is 399 g/mol. The molecule has 0 aliphatic rings. The van der Waals surface area contributed by atoms with Gasteiger partial charge in [0.25, 0.3) is 11.3 Å². The lowest BCUT2D eigenvalue weighted by molar-refractivity contribution is 0.178. The molecule has 148 valence electrons. The van der Waals surface area contributed by atoms with Crippen molar-refractivity contribution in [2.75, 3.05) is 7.11 Å². The highest BCUT2D eigenvalue weighted by Crippen LogP contribution is 2.22. The van der Waals surface area contributed by atoms with Gasteiger partial charge in [0.2, 0.25) is 0 Å². The van der Waals surface area contributed by atoms with Gasteiger partial charge < -0.3 is 9.47 Å². The predicted molar refractivity (Wildman–Crippen MR) is 111 cm³/mol. The molecule has 0 bridgehead atoms. The van der Waals surface area contributed by atoms with Crippen LogP contribution in [0.1, 0.15) is 5.82 Å². The molecule has 3 aromatic heterocycles. The summed E-state index contributed by atoms with van der Waals surface area (Å²) in [4.78, 5) is 21.7. The van der Waals surface area contributed by atoms with Crippen LogP contribution >= 0.6 is 0 Å². The first kappa shape index (κ1) is 18.0. The SMILES string of the molecule is COCc1nc2ncc3c(=O)n(-c4ccc(Oc5ccccc5)cc4)ccc3n2n1. The Morgan fingerprint density at radius 3 is 2.50 bits per heavy atom. The number of para-hydroxylation sites is 1. The van der Waals surface area contributed by atoms with Gasteiger partial charge in [0.1, 0.15) is 18.1 Å². The van der Waals surface area contributed by atoms with E-state index in [1.807, 2.05) is 60.7 Å². The fraction of sp³-hybridized carbons (Fsp3) is 0.0909. The first-order valence-corrected chi connectivity index (χ1v) is 9.31. The normalized spacial score (nSPS) is 11.2. The van der Waals surface area contributed by atoms with E-state index in [1.165, 1.54) is 6.20 Å². The van der Waals surface area contributed by atoms with Gasteiger partial charge in [0, 0.05) is 25.2 Å². The molecule has 30 heavy (non-hydrogen) atoms. The zero-order valence-corrected chi connectivity index (χ0v) is 16.1. The molecule has 0 amide bonds. The maximum Gasteiger partial charge on any atom is 0.266 e. The van der Waals surface area contributed by atoms with E-state index in [4.69, 9.17) is 9.47 Å². The molecule has 0 spiro atoms. The Labute approximate surface area is 171 Å². The van der Waals surface area contributed by atoms with E-state index in [2.05, 4.69) is 15.1 Å². The average molecular weight is 399 g/mol. The molecule has 8 heteroatoms. The van der Waals surface area contributed by atoms with E-state index in [1.54, 1.807) is 22.4 Å². The van der Waals surface area contributed by atoms with Crippen LogP contribution in [0.25, 0.3) is 22.4 Å². The lowest BCUT2D eigenvalue weighted by Gasteiger charge is -2.09. The number of aromatic nitrogens is 5.